The number of aryl methyl sites for hydroxylation is 3. The lowest BCUT2D eigenvalue weighted by Gasteiger charge is -2.04. The zero-order valence-corrected chi connectivity index (χ0v) is 9.65. The van der Waals surface area contributed by atoms with Crippen LogP contribution in [-0.2, 0) is 12.8 Å². The topological polar surface area (TPSA) is 0 Å². The van der Waals surface area contributed by atoms with Crippen molar-refractivity contribution in [1.82, 2.24) is 0 Å². The maximum atomic E-state index is 2.31. The smallest absolute Gasteiger partial charge is 0.0305 e. The Morgan fingerprint density at radius 1 is 1.00 bits per heavy atom. The first-order valence-corrected chi connectivity index (χ1v) is 5.36. The molecule has 0 heteroatoms. The number of hydrogen-bond donors (Lipinski definition) is 0. The highest BCUT2D eigenvalue weighted by atomic mass is 14.0. The molecule has 1 aromatic rings. The second-order valence-electron chi connectivity index (χ2n) is 2.97. The summed E-state index contributed by atoms with van der Waals surface area (Å²) in [5.41, 5.74) is 4.36. The molecule has 0 aliphatic heterocycles. The summed E-state index contributed by atoms with van der Waals surface area (Å²) >= 11 is 0. The van der Waals surface area contributed by atoms with Gasteiger partial charge in [-0.05, 0) is 36.5 Å². The summed E-state index contributed by atoms with van der Waals surface area (Å²) in [7, 11) is 0. The van der Waals surface area contributed by atoms with Crippen LogP contribution in [0.1, 0.15) is 44.4 Å². The SMILES string of the molecule is CC.CCc1ccc(C)c(CC)c1. The van der Waals surface area contributed by atoms with E-state index < -0.39 is 0 Å². The van der Waals surface area contributed by atoms with Gasteiger partial charge in [0.05, 0.1) is 0 Å². The van der Waals surface area contributed by atoms with E-state index in [1.807, 2.05) is 13.8 Å². The van der Waals surface area contributed by atoms with E-state index in [1.165, 1.54) is 16.7 Å². The summed E-state index contributed by atoms with van der Waals surface area (Å²) in [5, 5.41) is 0. The highest BCUT2D eigenvalue weighted by Gasteiger charge is 1.95. The van der Waals surface area contributed by atoms with Crippen LogP contribution in [-0.4, -0.2) is 0 Å². The Morgan fingerprint density at radius 3 is 2.08 bits per heavy atom. The summed E-state index contributed by atoms with van der Waals surface area (Å²) in [6.45, 7) is 10.6. The van der Waals surface area contributed by atoms with Crippen molar-refractivity contribution < 1.29 is 0 Å². The van der Waals surface area contributed by atoms with Crippen molar-refractivity contribution >= 4 is 0 Å². The molecule has 0 radical (unpaired) electrons. The van der Waals surface area contributed by atoms with Gasteiger partial charge >= 0.3 is 0 Å². The van der Waals surface area contributed by atoms with Crippen LogP contribution in [0.2, 0.25) is 0 Å². The van der Waals surface area contributed by atoms with Crippen LogP contribution in [0.25, 0.3) is 0 Å². The highest BCUT2D eigenvalue weighted by molar-refractivity contribution is 5.30. The van der Waals surface area contributed by atoms with E-state index in [-0.39, 0.29) is 0 Å². The molecule has 0 heterocycles. The van der Waals surface area contributed by atoms with Crippen LogP contribution in [0.5, 0.6) is 0 Å². The van der Waals surface area contributed by atoms with Crippen molar-refractivity contribution in [3.63, 3.8) is 0 Å². The van der Waals surface area contributed by atoms with Crippen LogP contribution >= 0.6 is 0 Å². The molecule has 0 aliphatic rings. The first kappa shape index (κ1) is 12.2. The van der Waals surface area contributed by atoms with E-state index in [0.29, 0.717) is 0 Å². The molecule has 0 nitrogen and oxygen atoms in total. The lowest BCUT2D eigenvalue weighted by molar-refractivity contribution is 1.07. The molecule has 0 spiro atoms. The van der Waals surface area contributed by atoms with Gasteiger partial charge in [-0.1, -0.05) is 45.9 Å². The van der Waals surface area contributed by atoms with Gasteiger partial charge in [0.2, 0.25) is 0 Å². The Balaban J connectivity index is 0.000000671. The quantitative estimate of drug-likeness (QED) is 0.638. The summed E-state index contributed by atoms with van der Waals surface area (Å²) in [4.78, 5) is 0. The fourth-order valence-electron chi connectivity index (χ4n) is 1.33. The van der Waals surface area contributed by atoms with Gasteiger partial charge in [0.25, 0.3) is 0 Å². The molecule has 0 bridgehead atoms. The molecular weight excluding hydrogens is 156 g/mol. The molecule has 0 saturated carbocycles. The Labute approximate surface area is 83.0 Å². The molecule has 1 rings (SSSR count). The lowest BCUT2D eigenvalue weighted by atomic mass is 10.0. The monoisotopic (exact) mass is 178 g/mol. The van der Waals surface area contributed by atoms with Gasteiger partial charge in [0, 0.05) is 0 Å². The molecule has 1 aromatic carbocycles. The van der Waals surface area contributed by atoms with E-state index in [1.54, 1.807) is 0 Å². The summed E-state index contributed by atoms with van der Waals surface area (Å²) < 4.78 is 0. The van der Waals surface area contributed by atoms with Crippen LogP contribution < -0.4 is 0 Å². The lowest BCUT2D eigenvalue weighted by Crippen LogP contribution is -1.88. The Kier molecular flexibility index (Phi) is 6.30. The highest BCUT2D eigenvalue weighted by Crippen LogP contribution is 2.11. The largest absolute Gasteiger partial charge is 0.0683 e. The molecular formula is C13H22. The van der Waals surface area contributed by atoms with E-state index in [4.69, 9.17) is 0 Å². The average molecular weight is 178 g/mol. The fourth-order valence-corrected chi connectivity index (χ4v) is 1.33. The van der Waals surface area contributed by atoms with Crippen molar-refractivity contribution in [1.29, 1.82) is 0 Å². The molecule has 0 fully saturated rings. The Hall–Kier alpha value is -0.780. The predicted molar refractivity (Wildman–Crippen MR) is 61.3 cm³/mol. The third-order valence-corrected chi connectivity index (χ3v) is 2.20. The molecule has 74 valence electrons. The van der Waals surface area contributed by atoms with E-state index in [9.17, 15) is 0 Å². The van der Waals surface area contributed by atoms with Crippen LogP contribution in [0.3, 0.4) is 0 Å². The molecule has 0 aromatic heterocycles. The Morgan fingerprint density at radius 2 is 1.62 bits per heavy atom. The van der Waals surface area contributed by atoms with Crippen molar-refractivity contribution in [2.45, 2.75) is 47.5 Å². The Bertz CT molecular complexity index is 236. The van der Waals surface area contributed by atoms with Crippen molar-refractivity contribution in [3.05, 3.63) is 34.9 Å². The van der Waals surface area contributed by atoms with Gasteiger partial charge in [-0.15, -0.1) is 0 Å². The van der Waals surface area contributed by atoms with Crippen molar-refractivity contribution in [2.75, 3.05) is 0 Å². The minimum atomic E-state index is 1.15. The molecule has 0 N–H and O–H groups in total. The van der Waals surface area contributed by atoms with Gasteiger partial charge in [-0.25, -0.2) is 0 Å². The first-order chi connectivity index (χ1) is 6.27. The second-order valence-corrected chi connectivity index (χ2v) is 2.97. The summed E-state index contributed by atoms with van der Waals surface area (Å²) in [5.74, 6) is 0. The van der Waals surface area contributed by atoms with Gasteiger partial charge in [0.1, 0.15) is 0 Å². The minimum Gasteiger partial charge on any atom is -0.0683 e. The average Bonchev–Trinajstić information content (AvgIpc) is 2.22. The van der Waals surface area contributed by atoms with Crippen LogP contribution in [0, 0.1) is 6.92 Å². The molecule has 0 unspecified atom stereocenters. The summed E-state index contributed by atoms with van der Waals surface area (Å²) in [6.07, 6.45) is 2.30. The van der Waals surface area contributed by atoms with Crippen molar-refractivity contribution in [2.24, 2.45) is 0 Å². The zero-order valence-electron chi connectivity index (χ0n) is 9.65. The number of rotatable bonds is 2. The van der Waals surface area contributed by atoms with E-state index in [2.05, 4.69) is 39.0 Å². The van der Waals surface area contributed by atoms with Gasteiger partial charge in [-0.3, -0.25) is 0 Å². The first-order valence-electron chi connectivity index (χ1n) is 5.36. The van der Waals surface area contributed by atoms with E-state index >= 15 is 0 Å². The van der Waals surface area contributed by atoms with Crippen LogP contribution in [0.15, 0.2) is 18.2 Å². The van der Waals surface area contributed by atoms with Crippen molar-refractivity contribution in [3.8, 4) is 0 Å². The number of benzene rings is 1. The predicted octanol–water partition coefficient (Wildman–Crippen LogP) is 4.15. The second kappa shape index (κ2) is 6.71. The number of hydrogen-bond acceptors (Lipinski definition) is 0. The maximum Gasteiger partial charge on any atom is -0.0305 e. The third-order valence-electron chi connectivity index (χ3n) is 2.20. The van der Waals surface area contributed by atoms with Gasteiger partial charge in [0.15, 0.2) is 0 Å². The molecule has 0 saturated heterocycles. The summed E-state index contributed by atoms with van der Waals surface area (Å²) in [6, 6.07) is 6.75. The van der Waals surface area contributed by atoms with Crippen LogP contribution in [0.4, 0.5) is 0 Å². The fraction of sp³-hybridized carbons (Fsp3) is 0.538. The van der Waals surface area contributed by atoms with Gasteiger partial charge < -0.3 is 0 Å². The van der Waals surface area contributed by atoms with Gasteiger partial charge in [-0.2, -0.15) is 0 Å². The molecule has 13 heavy (non-hydrogen) atoms. The van der Waals surface area contributed by atoms with E-state index in [0.717, 1.165) is 12.8 Å². The molecule has 0 aliphatic carbocycles. The molecule has 0 amide bonds. The minimum absolute atomic E-state index is 1.15. The third kappa shape index (κ3) is 3.63. The molecule has 0 atom stereocenters. The normalized spacial score (nSPS) is 9.00. The standard InChI is InChI=1S/C11H16.C2H6/c1-4-10-7-6-9(3)11(5-2)8-10;1-2/h6-8H,4-5H2,1-3H3;1-2H3. The maximum absolute atomic E-state index is 2.31. The zero-order chi connectivity index (χ0) is 10.3.